The van der Waals surface area contributed by atoms with Crippen molar-refractivity contribution in [3.63, 3.8) is 0 Å². The predicted molar refractivity (Wildman–Crippen MR) is 161 cm³/mol. The first-order chi connectivity index (χ1) is 20.1. The van der Waals surface area contributed by atoms with Gasteiger partial charge in [-0.3, -0.25) is 0 Å². The Bertz CT molecular complexity index is 1430. The average Bonchev–Trinajstić information content (AvgIpc) is 3.35. The molecule has 1 aliphatic rings. The summed E-state index contributed by atoms with van der Waals surface area (Å²) in [5, 5.41) is -0.461. The largest absolute Gasteiger partial charge is 0.461 e. The van der Waals surface area contributed by atoms with Crippen molar-refractivity contribution in [3.8, 4) is 0 Å². The zero-order valence-electron chi connectivity index (χ0n) is 22.0. The molecule has 0 spiro atoms. The molecule has 1 aliphatic heterocycles. The molecule has 0 amide bonds. The van der Waals surface area contributed by atoms with Crippen LogP contribution in [0.5, 0.6) is 0 Å². The molecule has 41 heavy (non-hydrogen) atoms. The van der Waals surface area contributed by atoms with Crippen LogP contribution in [-0.2, 0) is 20.0 Å². The number of carbonyl (C=O) groups excluding carboxylic acids is 3. The third-order valence-electron chi connectivity index (χ3n) is 6.42. The van der Waals surface area contributed by atoms with Gasteiger partial charge in [-0.1, -0.05) is 84.9 Å². The maximum absolute atomic E-state index is 13.2. The van der Waals surface area contributed by atoms with Gasteiger partial charge in [-0.15, -0.1) is 23.5 Å². The molecular weight excluding hydrogens is 556 g/mol. The van der Waals surface area contributed by atoms with Crippen LogP contribution < -0.4 is 0 Å². The summed E-state index contributed by atoms with van der Waals surface area (Å²) >= 11 is 3.09. The van der Waals surface area contributed by atoms with Crippen molar-refractivity contribution in [2.24, 2.45) is 0 Å². The first-order valence-corrected chi connectivity index (χ1v) is 15.1. The molecule has 0 radical (unpaired) electrons. The number of esters is 3. The quantitative estimate of drug-likeness (QED) is 0.151. The van der Waals surface area contributed by atoms with Gasteiger partial charge >= 0.3 is 17.9 Å². The van der Waals surface area contributed by atoms with E-state index in [2.05, 4.69) is 0 Å². The molecule has 0 aliphatic carbocycles. The molecule has 1 fully saturated rings. The van der Waals surface area contributed by atoms with Crippen molar-refractivity contribution < 1.29 is 28.6 Å². The zero-order chi connectivity index (χ0) is 28.4. The van der Waals surface area contributed by atoms with E-state index in [1.54, 1.807) is 84.6 Å². The number of carbonyl (C=O) groups is 3. The van der Waals surface area contributed by atoms with E-state index < -0.39 is 35.4 Å². The van der Waals surface area contributed by atoms with Crippen LogP contribution in [0.4, 0.5) is 0 Å². The lowest BCUT2D eigenvalue weighted by Crippen LogP contribution is -2.41. The summed E-state index contributed by atoms with van der Waals surface area (Å²) in [5.41, 5.74) is 2.32. The molecule has 8 heteroatoms. The highest BCUT2D eigenvalue weighted by atomic mass is 32.2. The maximum Gasteiger partial charge on any atom is 0.338 e. The van der Waals surface area contributed by atoms with Crippen molar-refractivity contribution in [1.29, 1.82) is 0 Å². The van der Waals surface area contributed by atoms with Crippen LogP contribution in [0.2, 0.25) is 0 Å². The number of hydrogen-bond acceptors (Lipinski definition) is 8. The number of hydrogen-bond donors (Lipinski definition) is 0. The predicted octanol–water partition coefficient (Wildman–Crippen LogP) is 6.67. The van der Waals surface area contributed by atoms with Gasteiger partial charge in [0.25, 0.3) is 0 Å². The fraction of sp³-hybridized carbons (Fsp3) is 0.182. The smallest absolute Gasteiger partial charge is 0.338 e. The monoisotopic (exact) mass is 584 g/mol. The van der Waals surface area contributed by atoms with Gasteiger partial charge in [0.1, 0.15) is 6.61 Å². The van der Waals surface area contributed by atoms with Crippen LogP contribution in [0.1, 0.15) is 36.6 Å². The summed E-state index contributed by atoms with van der Waals surface area (Å²) in [7, 11) is 0. The molecule has 0 aromatic heterocycles. The Hall–Kier alpha value is -4.01. The number of benzene rings is 4. The minimum atomic E-state index is -0.850. The van der Waals surface area contributed by atoms with Crippen molar-refractivity contribution in [1.82, 2.24) is 0 Å². The summed E-state index contributed by atoms with van der Waals surface area (Å²) in [6.45, 7) is -0.0209. The van der Waals surface area contributed by atoms with E-state index in [0.717, 1.165) is 5.56 Å². The summed E-state index contributed by atoms with van der Waals surface area (Å²) in [6.07, 6.45) is -1.63. The van der Waals surface area contributed by atoms with Gasteiger partial charge in [0.05, 0.1) is 26.5 Å². The Morgan fingerprint density at radius 1 is 0.585 bits per heavy atom. The standard InChI is InChI=1S/C33H28O6S2/c34-30(24-15-7-2-8-16-24)37-21-27-28(38-31(35)25-17-9-3-10-18-25)29(39-32(36)26-19-11-4-12-20-26)33(41-27)40-22-23-13-5-1-6-14-23/h1-20,27-29,33H,21-22H2/t27-,28+,29-,33?/m1/s1. The van der Waals surface area contributed by atoms with E-state index in [-0.39, 0.29) is 11.2 Å². The summed E-state index contributed by atoms with van der Waals surface area (Å²) in [5.74, 6) is -0.861. The van der Waals surface area contributed by atoms with Gasteiger partial charge in [0.15, 0.2) is 12.2 Å². The Kier molecular flexibility index (Phi) is 9.78. The first-order valence-electron chi connectivity index (χ1n) is 13.1. The van der Waals surface area contributed by atoms with Crippen LogP contribution in [-0.4, -0.2) is 46.6 Å². The third kappa shape index (κ3) is 7.60. The van der Waals surface area contributed by atoms with Crippen molar-refractivity contribution in [2.75, 3.05) is 6.61 Å². The highest BCUT2D eigenvalue weighted by Gasteiger charge is 2.50. The Balaban J connectivity index is 1.40. The SMILES string of the molecule is O=C(OC[C@H]1SC(SCc2ccccc2)[C@H](OC(=O)c2ccccc2)[C@H]1OC(=O)c1ccccc1)c1ccccc1. The van der Waals surface area contributed by atoms with Crippen LogP contribution in [0.15, 0.2) is 121 Å². The molecule has 1 unspecified atom stereocenters. The highest BCUT2D eigenvalue weighted by Crippen LogP contribution is 2.45. The molecule has 4 atom stereocenters. The number of rotatable bonds is 10. The lowest BCUT2D eigenvalue weighted by atomic mass is 10.1. The summed E-state index contributed by atoms with van der Waals surface area (Å²) in [6, 6.07) is 36.1. The molecule has 208 valence electrons. The van der Waals surface area contributed by atoms with Crippen molar-refractivity contribution >= 4 is 41.4 Å². The lowest BCUT2D eigenvalue weighted by molar-refractivity contribution is -0.0313. The minimum absolute atomic E-state index is 0.0209. The summed E-state index contributed by atoms with van der Waals surface area (Å²) < 4.78 is 17.5. The molecule has 4 aromatic rings. The molecule has 6 nitrogen and oxygen atoms in total. The second-order valence-corrected chi connectivity index (χ2v) is 12.1. The number of thioether (sulfide) groups is 2. The van der Waals surface area contributed by atoms with E-state index in [1.165, 1.54) is 11.8 Å². The number of ether oxygens (including phenoxy) is 3. The van der Waals surface area contributed by atoms with Gasteiger partial charge in [-0.05, 0) is 42.0 Å². The van der Waals surface area contributed by atoms with Crippen molar-refractivity contribution in [2.45, 2.75) is 27.8 Å². The first kappa shape index (κ1) is 28.5. The lowest BCUT2D eigenvalue weighted by Gasteiger charge is -2.26. The zero-order valence-corrected chi connectivity index (χ0v) is 23.7. The van der Waals surface area contributed by atoms with E-state index in [9.17, 15) is 14.4 Å². The third-order valence-corrected chi connectivity index (χ3v) is 9.55. The van der Waals surface area contributed by atoms with E-state index in [1.807, 2.05) is 48.5 Å². The molecule has 4 aromatic carbocycles. The van der Waals surface area contributed by atoms with Gasteiger partial charge in [0, 0.05) is 5.75 Å². The fourth-order valence-electron chi connectivity index (χ4n) is 4.33. The molecule has 0 N–H and O–H groups in total. The van der Waals surface area contributed by atoms with Crippen LogP contribution in [0, 0.1) is 0 Å². The molecule has 1 saturated heterocycles. The average molecular weight is 585 g/mol. The van der Waals surface area contributed by atoms with E-state index >= 15 is 0 Å². The van der Waals surface area contributed by atoms with Gasteiger partial charge < -0.3 is 14.2 Å². The van der Waals surface area contributed by atoms with E-state index in [0.29, 0.717) is 22.4 Å². The second-order valence-electron chi connectivity index (χ2n) is 9.28. The summed E-state index contributed by atoms with van der Waals surface area (Å²) in [4.78, 5) is 39.2. The Labute approximate surface area is 247 Å². The Morgan fingerprint density at radius 3 is 1.54 bits per heavy atom. The van der Waals surface area contributed by atoms with Crippen LogP contribution in [0.25, 0.3) is 0 Å². The molecule has 5 rings (SSSR count). The Morgan fingerprint density at radius 2 is 1.02 bits per heavy atom. The maximum atomic E-state index is 13.2. The van der Waals surface area contributed by atoms with Crippen molar-refractivity contribution in [3.05, 3.63) is 144 Å². The minimum Gasteiger partial charge on any atom is -0.461 e. The molecular formula is C33H28O6S2. The topological polar surface area (TPSA) is 78.9 Å². The molecule has 1 heterocycles. The molecule has 0 bridgehead atoms. The highest BCUT2D eigenvalue weighted by molar-refractivity contribution is 8.17. The normalized spacial score (nSPS) is 19.7. The van der Waals surface area contributed by atoms with Crippen LogP contribution in [0.3, 0.4) is 0 Å². The fourth-order valence-corrected chi connectivity index (χ4v) is 7.44. The van der Waals surface area contributed by atoms with Crippen LogP contribution >= 0.6 is 23.5 Å². The van der Waals surface area contributed by atoms with Gasteiger partial charge in [0.2, 0.25) is 0 Å². The van der Waals surface area contributed by atoms with Gasteiger partial charge in [-0.25, -0.2) is 14.4 Å². The second kappa shape index (κ2) is 14.1. The molecule has 0 saturated carbocycles. The van der Waals surface area contributed by atoms with Gasteiger partial charge in [-0.2, -0.15) is 0 Å². The van der Waals surface area contributed by atoms with E-state index in [4.69, 9.17) is 14.2 Å².